The van der Waals surface area contributed by atoms with Gasteiger partial charge in [0.1, 0.15) is 12.4 Å². The Balaban J connectivity index is 1.90. The van der Waals surface area contributed by atoms with Crippen molar-refractivity contribution in [2.75, 3.05) is 16.6 Å². The highest BCUT2D eigenvalue weighted by atomic mass is 32.2. The molecule has 0 fully saturated rings. The molecular formula is C18H20N2O4S. The molecule has 2 aromatic rings. The zero-order chi connectivity index (χ0) is 18.2. The number of carbonyl (C=O) groups excluding carboxylic acids is 1. The highest BCUT2D eigenvalue weighted by Gasteiger charge is 2.32. The molecule has 0 unspecified atom stereocenters. The SMILES string of the molecule is Cc1cccc(S(=O)(=O)Nc2ccc3c(c2)NC(=O)C(C)(C)CO3)c1. The predicted octanol–water partition coefficient (Wildman–Crippen LogP) is 3.15. The third-order valence-corrected chi connectivity index (χ3v) is 5.36. The lowest BCUT2D eigenvalue weighted by atomic mass is 9.94. The second kappa shape index (κ2) is 6.07. The number of rotatable bonds is 3. The van der Waals surface area contributed by atoms with Gasteiger partial charge in [0.15, 0.2) is 0 Å². The first-order valence-electron chi connectivity index (χ1n) is 7.85. The topological polar surface area (TPSA) is 84.5 Å². The molecule has 2 N–H and O–H groups in total. The van der Waals surface area contributed by atoms with Crippen molar-refractivity contribution in [3.63, 3.8) is 0 Å². The van der Waals surface area contributed by atoms with E-state index in [2.05, 4.69) is 10.0 Å². The first-order valence-corrected chi connectivity index (χ1v) is 9.33. The standard InChI is InChI=1S/C18H20N2O4S/c1-12-5-4-6-14(9-12)25(22,23)20-13-7-8-16-15(10-13)19-17(21)18(2,3)11-24-16/h4-10,20H,11H2,1-3H3,(H,19,21). The summed E-state index contributed by atoms with van der Waals surface area (Å²) in [6.45, 7) is 5.65. The van der Waals surface area contributed by atoms with Crippen LogP contribution in [0.1, 0.15) is 19.4 Å². The molecule has 1 aliphatic rings. The number of sulfonamides is 1. The van der Waals surface area contributed by atoms with Crippen LogP contribution in [0.15, 0.2) is 47.4 Å². The second-order valence-electron chi connectivity index (χ2n) is 6.76. The summed E-state index contributed by atoms with van der Waals surface area (Å²) in [5, 5.41) is 2.79. The minimum absolute atomic E-state index is 0.176. The van der Waals surface area contributed by atoms with E-state index < -0.39 is 15.4 Å². The zero-order valence-corrected chi connectivity index (χ0v) is 15.1. The van der Waals surface area contributed by atoms with Gasteiger partial charge in [-0.2, -0.15) is 0 Å². The van der Waals surface area contributed by atoms with Crippen molar-refractivity contribution in [2.45, 2.75) is 25.7 Å². The van der Waals surface area contributed by atoms with Gasteiger partial charge < -0.3 is 10.1 Å². The van der Waals surface area contributed by atoms with Gasteiger partial charge in [-0.05, 0) is 56.7 Å². The van der Waals surface area contributed by atoms with Gasteiger partial charge in [-0.15, -0.1) is 0 Å². The summed E-state index contributed by atoms with van der Waals surface area (Å²) < 4.78 is 33.2. The average molecular weight is 360 g/mol. The van der Waals surface area contributed by atoms with Crippen LogP contribution in [0.25, 0.3) is 0 Å². The lowest BCUT2D eigenvalue weighted by Gasteiger charge is -2.18. The second-order valence-corrected chi connectivity index (χ2v) is 8.44. The quantitative estimate of drug-likeness (QED) is 0.881. The number of carbonyl (C=O) groups is 1. The smallest absolute Gasteiger partial charge is 0.261 e. The van der Waals surface area contributed by atoms with Crippen LogP contribution in [-0.2, 0) is 14.8 Å². The van der Waals surface area contributed by atoms with Gasteiger partial charge in [0.2, 0.25) is 5.91 Å². The first-order chi connectivity index (χ1) is 11.7. The third-order valence-electron chi connectivity index (χ3n) is 3.98. The molecule has 1 amide bonds. The molecule has 0 aromatic heterocycles. The van der Waals surface area contributed by atoms with E-state index in [1.165, 1.54) is 6.07 Å². The Labute approximate surface area is 147 Å². The number of nitrogens with one attached hydrogen (secondary N) is 2. The highest BCUT2D eigenvalue weighted by molar-refractivity contribution is 7.92. The summed E-state index contributed by atoms with van der Waals surface area (Å²) in [5.41, 5.74) is 0.983. The van der Waals surface area contributed by atoms with Crippen LogP contribution in [0, 0.1) is 12.3 Å². The Morgan fingerprint density at radius 2 is 1.92 bits per heavy atom. The monoisotopic (exact) mass is 360 g/mol. The number of anilines is 2. The van der Waals surface area contributed by atoms with Crippen LogP contribution < -0.4 is 14.8 Å². The van der Waals surface area contributed by atoms with Crippen LogP contribution in [0.2, 0.25) is 0 Å². The number of amides is 1. The fourth-order valence-electron chi connectivity index (χ4n) is 2.43. The van der Waals surface area contributed by atoms with Crippen LogP contribution >= 0.6 is 0 Å². The Bertz CT molecular complexity index is 936. The van der Waals surface area contributed by atoms with E-state index in [0.29, 0.717) is 17.1 Å². The van der Waals surface area contributed by atoms with E-state index in [-0.39, 0.29) is 17.4 Å². The third kappa shape index (κ3) is 3.61. The molecule has 2 aromatic carbocycles. The molecule has 3 rings (SSSR count). The Hall–Kier alpha value is -2.54. The summed E-state index contributed by atoms with van der Waals surface area (Å²) in [6, 6.07) is 11.5. The molecule has 0 bridgehead atoms. The Morgan fingerprint density at radius 1 is 1.16 bits per heavy atom. The minimum Gasteiger partial charge on any atom is -0.490 e. The van der Waals surface area contributed by atoms with Gasteiger partial charge in [0.25, 0.3) is 10.0 Å². The molecule has 0 saturated carbocycles. The highest BCUT2D eigenvalue weighted by Crippen LogP contribution is 2.34. The molecule has 0 radical (unpaired) electrons. The van der Waals surface area contributed by atoms with Crippen molar-refractivity contribution >= 4 is 27.3 Å². The fraction of sp³-hybridized carbons (Fsp3) is 0.278. The maximum atomic E-state index is 12.5. The molecule has 25 heavy (non-hydrogen) atoms. The summed E-state index contributed by atoms with van der Waals surface area (Å²) >= 11 is 0. The summed E-state index contributed by atoms with van der Waals surface area (Å²) in [7, 11) is -3.71. The number of hydrogen-bond donors (Lipinski definition) is 2. The number of aryl methyl sites for hydroxylation is 1. The van der Waals surface area contributed by atoms with E-state index in [0.717, 1.165) is 5.56 Å². The average Bonchev–Trinajstić information content (AvgIpc) is 2.64. The molecule has 1 heterocycles. The van der Waals surface area contributed by atoms with Crippen molar-refractivity contribution in [3.8, 4) is 5.75 Å². The van der Waals surface area contributed by atoms with Crippen molar-refractivity contribution in [1.82, 2.24) is 0 Å². The van der Waals surface area contributed by atoms with E-state index in [4.69, 9.17) is 4.74 Å². The molecule has 0 aliphatic carbocycles. The number of hydrogen-bond acceptors (Lipinski definition) is 4. The Morgan fingerprint density at radius 3 is 2.64 bits per heavy atom. The molecule has 0 spiro atoms. The van der Waals surface area contributed by atoms with E-state index in [1.54, 1.807) is 44.2 Å². The molecule has 6 nitrogen and oxygen atoms in total. The molecular weight excluding hydrogens is 340 g/mol. The van der Waals surface area contributed by atoms with Crippen LogP contribution in [0.5, 0.6) is 5.75 Å². The summed E-state index contributed by atoms with van der Waals surface area (Å²) in [5.74, 6) is 0.336. The summed E-state index contributed by atoms with van der Waals surface area (Å²) in [4.78, 5) is 12.4. The van der Waals surface area contributed by atoms with Gasteiger partial charge in [0, 0.05) is 0 Å². The fourth-order valence-corrected chi connectivity index (χ4v) is 3.58. The number of fused-ring (bicyclic) bond motifs is 1. The Kier molecular flexibility index (Phi) is 4.20. The number of ether oxygens (including phenoxy) is 1. The minimum atomic E-state index is -3.71. The van der Waals surface area contributed by atoms with Crippen LogP contribution in [0.4, 0.5) is 11.4 Å². The lowest BCUT2D eigenvalue weighted by molar-refractivity contribution is -0.124. The van der Waals surface area contributed by atoms with Crippen LogP contribution in [-0.4, -0.2) is 20.9 Å². The van der Waals surface area contributed by atoms with Gasteiger partial charge in [-0.3, -0.25) is 9.52 Å². The first kappa shape index (κ1) is 17.3. The van der Waals surface area contributed by atoms with Crippen molar-refractivity contribution in [1.29, 1.82) is 0 Å². The summed E-state index contributed by atoms with van der Waals surface area (Å²) in [6.07, 6.45) is 0. The van der Waals surface area contributed by atoms with Gasteiger partial charge >= 0.3 is 0 Å². The molecule has 0 atom stereocenters. The molecule has 132 valence electrons. The van der Waals surface area contributed by atoms with Gasteiger partial charge in [0.05, 0.1) is 21.7 Å². The van der Waals surface area contributed by atoms with Gasteiger partial charge in [-0.25, -0.2) is 8.42 Å². The normalized spacial score (nSPS) is 16.2. The van der Waals surface area contributed by atoms with Gasteiger partial charge in [-0.1, -0.05) is 12.1 Å². The predicted molar refractivity (Wildman–Crippen MR) is 96.3 cm³/mol. The van der Waals surface area contributed by atoms with E-state index >= 15 is 0 Å². The molecule has 7 heteroatoms. The van der Waals surface area contributed by atoms with E-state index in [9.17, 15) is 13.2 Å². The maximum Gasteiger partial charge on any atom is 0.261 e. The lowest BCUT2D eigenvalue weighted by Crippen LogP contribution is -2.33. The zero-order valence-electron chi connectivity index (χ0n) is 14.3. The largest absolute Gasteiger partial charge is 0.490 e. The maximum absolute atomic E-state index is 12.5. The van der Waals surface area contributed by atoms with Crippen molar-refractivity contribution < 1.29 is 17.9 Å². The van der Waals surface area contributed by atoms with Crippen LogP contribution in [0.3, 0.4) is 0 Å². The molecule has 0 saturated heterocycles. The van der Waals surface area contributed by atoms with Crippen molar-refractivity contribution in [3.05, 3.63) is 48.0 Å². The van der Waals surface area contributed by atoms with E-state index in [1.807, 2.05) is 13.0 Å². The number of benzene rings is 2. The van der Waals surface area contributed by atoms with Crippen molar-refractivity contribution in [2.24, 2.45) is 5.41 Å². The molecule has 1 aliphatic heterocycles.